The first-order chi connectivity index (χ1) is 13.3. The molecule has 2 heterocycles. The van der Waals surface area contributed by atoms with Crippen molar-refractivity contribution in [2.24, 2.45) is 7.05 Å². The van der Waals surface area contributed by atoms with Crippen molar-refractivity contribution in [2.75, 3.05) is 20.2 Å². The normalized spacial score (nSPS) is 19.1. The number of aromatic nitrogens is 3. The number of aryl methyl sites for hydroxylation is 2. The number of methoxy groups -OCH3 is 1. The van der Waals surface area contributed by atoms with Crippen molar-refractivity contribution in [2.45, 2.75) is 49.5 Å². The van der Waals surface area contributed by atoms with Gasteiger partial charge in [0.1, 0.15) is 16.5 Å². The summed E-state index contributed by atoms with van der Waals surface area (Å²) in [5, 5.41) is 4.46. The van der Waals surface area contributed by atoms with Gasteiger partial charge < -0.3 is 4.74 Å². The molecule has 0 bridgehead atoms. The van der Waals surface area contributed by atoms with Crippen molar-refractivity contribution in [1.82, 2.24) is 18.7 Å². The highest BCUT2D eigenvalue weighted by atomic mass is 32.2. The second-order valence-corrected chi connectivity index (χ2v) is 9.60. The van der Waals surface area contributed by atoms with E-state index in [1.54, 1.807) is 19.2 Å². The van der Waals surface area contributed by atoms with E-state index in [0.717, 1.165) is 24.2 Å². The molecule has 1 aliphatic carbocycles. The maximum atomic E-state index is 13.2. The van der Waals surface area contributed by atoms with Gasteiger partial charge in [-0.25, -0.2) is 17.9 Å². The van der Waals surface area contributed by atoms with Crippen molar-refractivity contribution in [3.8, 4) is 5.75 Å². The van der Waals surface area contributed by atoms with E-state index in [1.807, 2.05) is 17.6 Å². The molecule has 152 valence electrons. The van der Waals surface area contributed by atoms with E-state index in [-0.39, 0.29) is 22.5 Å². The fourth-order valence-electron chi connectivity index (χ4n) is 3.93. The van der Waals surface area contributed by atoms with Crippen LogP contribution < -0.4 is 10.4 Å². The molecule has 1 aromatic heterocycles. The highest BCUT2D eigenvalue weighted by Crippen LogP contribution is 2.38. The summed E-state index contributed by atoms with van der Waals surface area (Å²) in [7, 11) is -0.481. The minimum absolute atomic E-state index is 0.0722. The molecule has 0 N–H and O–H groups in total. The van der Waals surface area contributed by atoms with Crippen LogP contribution in [0.5, 0.6) is 5.75 Å². The van der Waals surface area contributed by atoms with Gasteiger partial charge in [0.25, 0.3) is 0 Å². The van der Waals surface area contributed by atoms with Crippen LogP contribution in [0.3, 0.4) is 0 Å². The van der Waals surface area contributed by atoms with Crippen LogP contribution in [0.15, 0.2) is 27.9 Å². The quantitative estimate of drug-likeness (QED) is 0.756. The monoisotopic (exact) mass is 406 g/mol. The van der Waals surface area contributed by atoms with Gasteiger partial charge >= 0.3 is 5.69 Å². The van der Waals surface area contributed by atoms with E-state index in [9.17, 15) is 13.2 Å². The van der Waals surface area contributed by atoms with Gasteiger partial charge in [-0.3, -0.25) is 4.57 Å². The number of piperidine rings is 1. The molecule has 0 unspecified atom stereocenters. The van der Waals surface area contributed by atoms with Crippen LogP contribution in [-0.2, 0) is 17.1 Å². The van der Waals surface area contributed by atoms with Crippen molar-refractivity contribution in [1.29, 1.82) is 0 Å². The summed E-state index contributed by atoms with van der Waals surface area (Å²) in [5.74, 6) is 1.26. The molecule has 0 atom stereocenters. The Morgan fingerprint density at radius 3 is 2.43 bits per heavy atom. The van der Waals surface area contributed by atoms with Crippen molar-refractivity contribution < 1.29 is 13.2 Å². The zero-order valence-corrected chi connectivity index (χ0v) is 17.3. The lowest BCUT2D eigenvalue weighted by atomic mass is 9.97. The minimum Gasteiger partial charge on any atom is -0.495 e. The van der Waals surface area contributed by atoms with Crippen molar-refractivity contribution >= 4 is 10.0 Å². The van der Waals surface area contributed by atoms with Crippen LogP contribution in [0.4, 0.5) is 0 Å². The molecule has 0 amide bonds. The lowest BCUT2D eigenvalue weighted by molar-refractivity contribution is 0.306. The summed E-state index contributed by atoms with van der Waals surface area (Å²) < 4.78 is 36.4. The number of hydrogen-bond donors (Lipinski definition) is 0. The molecule has 1 aliphatic heterocycles. The first-order valence-electron chi connectivity index (χ1n) is 9.63. The topological polar surface area (TPSA) is 86.4 Å². The predicted molar refractivity (Wildman–Crippen MR) is 104 cm³/mol. The van der Waals surface area contributed by atoms with Gasteiger partial charge in [-0.2, -0.15) is 9.40 Å². The minimum atomic E-state index is -3.64. The molecule has 2 fully saturated rings. The maximum Gasteiger partial charge on any atom is 0.345 e. The van der Waals surface area contributed by atoms with Gasteiger partial charge in [0, 0.05) is 32.1 Å². The molecule has 4 rings (SSSR count). The Labute approximate surface area is 164 Å². The molecule has 28 heavy (non-hydrogen) atoms. The second kappa shape index (κ2) is 7.04. The lowest BCUT2D eigenvalue weighted by Crippen LogP contribution is -2.38. The van der Waals surface area contributed by atoms with E-state index in [1.165, 1.54) is 16.1 Å². The van der Waals surface area contributed by atoms with E-state index in [2.05, 4.69) is 5.10 Å². The number of nitrogens with zero attached hydrogens (tertiary/aromatic N) is 4. The lowest BCUT2D eigenvalue weighted by Gasteiger charge is -2.31. The molecule has 2 aliphatic rings. The fourth-order valence-corrected chi connectivity index (χ4v) is 5.64. The summed E-state index contributed by atoms with van der Waals surface area (Å²) in [6, 6.07) is 5.44. The van der Waals surface area contributed by atoms with Gasteiger partial charge in [-0.1, -0.05) is 6.07 Å². The van der Waals surface area contributed by atoms with Crippen LogP contribution in [0, 0.1) is 6.92 Å². The highest BCUT2D eigenvalue weighted by molar-refractivity contribution is 7.89. The van der Waals surface area contributed by atoms with Crippen molar-refractivity contribution in [3.05, 3.63) is 40.1 Å². The molecule has 1 aromatic carbocycles. The van der Waals surface area contributed by atoms with Crippen LogP contribution >= 0.6 is 0 Å². The van der Waals surface area contributed by atoms with Gasteiger partial charge in [0.15, 0.2) is 0 Å². The molecule has 8 nitrogen and oxygen atoms in total. The molecule has 2 aromatic rings. The highest BCUT2D eigenvalue weighted by Gasteiger charge is 2.36. The summed E-state index contributed by atoms with van der Waals surface area (Å²) in [6.07, 6.45) is 3.32. The first kappa shape index (κ1) is 19.2. The number of rotatable bonds is 5. The molecule has 0 radical (unpaired) electrons. The predicted octanol–water partition coefficient (Wildman–Crippen LogP) is 1.80. The average Bonchev–Trinajstić information content (AvgIpc) is 3.47. The van der Waals surface area contributed by atoms with Crippen LogP contribution in [-0.4, -0.2) is 47.3 Å². The summed E-state index contributed by atoms with van der Waals surface area (Å²) in [5.41, 5.74) is 0.799. The smallest absolute Gasteiger partial charge is 0.345 e. The van der Waals surface area contributed by atoms with Gasteiger partial charge in [0.05, 0.1) is 7.11 Å². The number of sulfonamides is 1. The molecular formula is C19H26N4O4S. The number of ether oxygens (including phenoxy) is 1. The Morgan fingerprint density at radius 1 is 1.14 bits per heavy atom. The first-order valence-corrected chi connectivity index (χ1v) is 11.1. The van der Waals surface area contributed by atoms with Gasteiger partial charge in [-0.05, 0) is 50.3 Å². The Morgan fingerprint density at radius 2 is 1.82 bits per heavy atom. The second-order valence-electron chi connectivity index (χ2n) is 7.70. The zero-order chi connectivity index (χ0) is 20.1. The molecule has 9 heteroatoms. The van der Waals surface area contributed by atoms with E-state index in [0.29, 0.717) is 31.7 Å². The SMILES string of the molecule is COc1ccc(C)cc1S(=O)(=O)N1CCC(c2nn(C)c(=O)n2C2CC2)CC1. The fraction of sp³-hybridized carbons (Fsp3) is 0.579. The largest absolute Gasteiger partial charge is 0.495 e. The molecule has 1 saturated carbocycles. The van der Waals surface area contributed by atoms with Crippen molar-refractivity contribution in [3.63, 3.8) is 0 Å². The average molecular weight is 407 g/mol. The van der Waals surface area contributed by atoms with Crippen LogP contribution in [0.2, 0.25) is 0 Å². The van der Waals surface area contributed by atoms with Crippen LogP contribution in [0.1, 0.15) is 49.0 Å². The Hall–Kier alpha value is -2.13. The molecule has 1 saturated heterocycles. The maximum absolute atomic E-state index is 13.2. The Balaban J connectivity index is 1.56. The standard InChI is InChI=1S/C19H26N4O4S/c1-13-4-7-16(27-3)17(12-13)28(25,26)22-10-8-14(9-11-22)18-20-21(2)19(24)23(18)15-5-6-15/h4,7,12,14-15H,5-6,8-11H2,1-3H3. The third kappa shape index (κ3) is 3.26. The summed E-state index contributed by atoms with van der Waals surface area (Å²) in [6.45, 7) is 2.67. The van der Waals surface area contributed by atoms with Gasteiger partial charge in [-0.15, -0.1) is 0 Å². The van der Waals surface area contributed by atoms with Gasteiger partial charge in [0.2, 0.25) is 10.0 Å². The molecule has 0 spiro atoms. The molecular weight excluding hydrogens is 380 g/mol. The van der Waals surface area contributed by atoms with E-state index < -0.39 is 10.0 Å². The zero-order valence-electron chi connectivity index (χ0n) is 16.5. The summed E-state index contributed by atoms with van der Waals surface area (Å²) >= 11 is 0. The van der Waals surface area contributed by atoms with E-state index >= 15 is 0 Å². The Kier molecular flexibility index (Phi) is 4.83. The third-order valence-corrected chi connectivity index (χ3v) is 7.57. The Bertz CT molecular complexity index is 1040. The third-order valence-electron chi connectivity index (χ3n) is 5.65. The number of hydrogen-bond acceptors (Lipinski definition) is 5. The number of benzene rings is 1. The van der Waals surface area contributed by atoms with Crippen LogP contribution in [0.25, 0.3) is 0 Å². The summed E-state index contributed by atoms with van der Waals surface area (Å²) in [4.78, 5) is 12.6. The van der Waals surface area contributed by atoms with E-state index in [4.69, 9.17) is 4.74 Å².